The number of aryl methyl sites for hydroxylation is 2. The van der Waals surface area contributed by atoms with E-state index in [1.165, 1.54) is 6.42 Å². The Morgan fingerprint density at radius 2 is 1.81 bits per heavy atom. The number of esters is 1. The van der Waals surface area contributed by atoms with Crippen molar-refractivity contribution in [2.45, 2.75) is 52.5 Å². The van der Waals surface area contributed by atoms with Gasteiger partial charge in [0.15, 0.2) is 13.2 Å². The first kappa shape index (κ1) is 20.7. The Morgan fingerprint density at radius 3 is 2.52 bits per heavy atom. The van der Waals surface area contributed by atoms with E-state index in [1.54, 1.807) is 6.07 Å². The molecule has 0 radical (unpaired) electrons. The molecule has 1 fully saturated rings. The van der Waals surface area contributed by atoms with E-state index in [0.717, 1.165) is 30.4 Å². The van der Waals surface area contributed by atoms with E-state index in [-0.39, 0.29) is 12.6 Å². The summed E-state index contributed by atoms with van der Waals surface area (Å²) in [7, 11) is 0. The standard InChI is InChI=1S/C20H28N2O5/c1-13-8-9-16(10-15(13)3)26-12-19(24)27-11-18(23)22-20(25)21-17-7-5-4-6-14(17)2/h8-10,14,17H,4-7,11-12H2,1-3H3,(H2,21,22,23,25). The van der Waals surface area contributed by atoms with E-state index in [0.29, 0.717) is 11.7 Å². The summed E-state index contributed by atoms with van der Waals surface area (Å²) in [5.41, 5.74) is 2.18. The summed E-state index contributed by atoms with van der Waals surface area (Å²) in [6, 6.07) is 5.00. The summed E-state index contributed by atoms with van der Waals surface area (Å²) in [5, 5.41) is 4.99. The van der Waals surface area contributed by atoms with Gasteiger partial charge in [0.1, 0.15) is 5.75 Å². The minimum Gasteiger partial charge on any atom is -0.482 e. The minimum atomic E-state index is -0.676. The van der Waals surface area contributed by atoms with Crippen molar-refractivity contribution in [2.24, 2.45) is 5.92 Å². The molecule has 0 heterocycles. The van der Waals surface area contributed by atoms with Gasteiger partial charge in [0.2, 0.25) is 0 Å². The Hall–Kier alpha value is -2.57. The van der Waals surface area contributed by atoms with E-state index in [2.05, 4.69) is 17.6 Å². The van der Waals surface area contributed by atoms with Gasteiger partial charge in [-0.2, -0.15) is 0 Å². The molecule has 148 valence electrons. The fraction of sp³-hybridized carbons (Fsp3) is 0.550. The Bertz CT molecular complexity index is 689. The fourth-order valence-corrected chi connectivity index (χ4v) is 3.03. The van der Waals surface area contributed by atoms with Crippen molar-refractivity contribution in [1.29, 1.82) is 0 Å². The number of nitrogens with one attached hydrogen (secondary N) is 2. The summed E-state index contributed by atoms with van der Waals surface area (Å²) in [6.07, 6.45) is 4.21. The van der Waals surface area contributed by atoms with Gasteiger partial charge in [-0.25, -0.2) is 9.59 Å². The number of carbonyl (C=O) groups is 3. The van der Waals surface area contributed by atoms with Crippen molar-refractivity contribution in [1.82, 2.24) is 10.6 Å². The molecule has 27 heavy (non-hydrogen) atoms. The molecule has 0 bridgehead atoms. The van der Waals surface area contributed by atoms with E-state index >= 15 is 0 Å². The van der Waals surface area contributed by atoms with E-state index < -0.39 is 24.5 Å². The van der Waals surface area contributed by atoms with Crippen LogP contribution in [0.15, 0.2) is 18.2 Å². The quantitative estimate of drug-likeness (QED) is 0.745. The maximum Gasteiger partial charge on any atom is 0.344 e. The van der Waals surface area contributed by atoms with Crippen LogP contribution in [0.3, 0.4) is 0 Å². The molecular weight excluding hydrogens is 348 g/mol. The number of carbonyl (C=O) groups excluding carboxylic acids is 3. The molecule has 7 nitrogen and oxygen atoms in total. The lowest BCUT2D eigenvalue weighted by Crippen LogP contribution is -2.48. The molecule has 0 saturated heterocycles. The number of ether oxygens (including phenoxy) is 2. The maximum atomic E-state index is 11.9. The number of amides is 3. The fourth-order valence-electron chi connectivity index (χ4n) is 3.03. The van der Waals surface area contributed by atoms with Gasteiger partial charge in [0.25, 0.3) is 5.91 Å². The van der Waals surface area contributed by atoms with Gasteiger partial charge in [-0.05, 0) is 55.9 Å². The zero-order chi connectivity index (χ0) is 19.8. The van der Waals surface area contributed by atoms with E-state index in [1.807, 2.05) is 26.0 Å². The van der Waals surface area contributed by atoms with Crippen LogP contribution in [0.25, 0.3) is 0 Å². The molecule has 2 rings (SSSR count). The van der Waals surface area contributed by atoms with Gasteiger partial charge in [-0.3, -0.25) is 10.1 Å². The number of urea groups is 1. The third-order valence-electron chi connectivity index (χ3n) is 4.88. The van der Waals surface area contributed by atoms with Gasteiger partial charge in [-0.1, -0.05) is 25.8 Å². The normalized spacial score (nSPS) is 19.1. The predicted molar refractivity (Wildman–Crippen MR) is 100 cm³/mol. The summed E-state index contributed by atoms with van der Waals surface area (Å²) in [6.45, 7) is 5.19. The molecule has 2 unspecified atom stereocenters. The topological polar surface area (TPSA) is 93.7 Å². The third-order valence-corrected chi connectivity index (χ3v) is 4.88. The van der Waals surface area contributed by atoms with Crippen LogP contribution in [0, 0.1) is 19.8 Å². The number of rotatable bonds is 6. The molecule has 1 aromatic rings. The highest BCUT2D eigenvalue weighted by atomic mass is 16.6. The maximum absolute atomic E-state index is 11.9. The highest BCUT2D eigenvalue weighted by Gasteiger charge is 2.23. The van der Waals surface area contributed by atoms with E-state index in [4.69, 9.17) is 9.47 Å². The number of imide groups is 1. The molecule has 1 aromatic carbocycles. The van der Waals surface area contributed by atoms with Gasteiger partial charge >= 0.3 is 12.0 Å². The lowest BCUT2D eigenvalue weighted by atomic mass is 9.86. The van der Waals surface area contributed by atoms with Crippen molar-refractivity contribution >= 4 is 17.9 Å². The minimum absolute atomic E-state index is 0.0699. The molecule has 0 aromatic heterocycles. The smallest absolute Gasteiger partial charge is 0.344 e. The molecule has 1 aliphatic rings. The first-order valence-corrected chi connectivity index (χ1v) is 9.31. The molecule has 2 atom stereocenters. The van der Waals surface area contributed by atoms with Crippen molar-refractivity contribution in [2.75, 3.05) is 13.2 Å². The van der Waals surface area contributed by atoms with Crippen LogP contribution in [0.5, 0.6) is 5.75 Å². The van der Waals surface area contributed by atoms with Crippen molar-refractivity contribution in [3.63, 3.8) is 0 Å². The van der Waals surface area contributed by atoms with Crippen LogP contribution < -0.4 is 15.4 Å². The second kappa shape index (κ2) is 9.94. The zero-order valence-corrected chi connectivity index (χ0v) is 16.2. The van der Waals surface area contributed by atoms with Crippen LogP contribution in [-0.4, -0.2) is 37.2 Å². The van der Waals surface area contributed by atoms with Gasteiger partial charge in [0, 0.05) is 6.04 Å². The zero-order valence-electron chi connectivity index (χ0n) is 16.2. The van der Waals surface area contributed by atoms with Gasteiger partial charge in [0.05, 0.1) is 0 Å². The molecule has 0 aliphatic heterocycles. The Kier molecular flexibility index (Phi) is 7.64. The highest BCUT2D eigenvalue weighted by Crippen LogP contribution is 2.23. The summed E-state index contributed by atoms with van der Waals surface area (Å²) in [4.78, 5) is 35.3. The Balaban J connectivity index is 1.65. The second-order valence-electron chi connectivity index (χ2n) is 7.09. The lowest BCUT2D eigenvalue weighted by molar-refractivity contribution is -0.150. The average molecular weight is 376 g/mol. The van der Waals surface area contributed by atoms with Crippen molar-refractivity contribution < 1.29 is 23.9 Å². The highest BCUT2D eigenvalue weighted by molar-refractivity contribution is 5.95. The first-order chi connectivity index (χ1) is 12.8. The molecule has 1 aliphatic carbocycles. The summed E-state index contributed by atoms with van der Waals surface area (Å²) < 4.78 is 10.2. The van der Waals surface area contributed by atoms with Crippen LogP contribution in [0.1, 0.15) is 43.7 Å². The van der Waals surface area contributed by atoms with Crippen LogP contribution >= 0.6 is 0 Å². The molecule has 0 spiro atoms. The van der Waals surface area contributed by atoms with Crippen LogP contribution in [0.4, 0.5) is 4.79 Å². The van der Waals surface area contributed by atoms with Crippen molar-refractivity contribution in [3.05, 3.63) is 29.3 Å². The second-order valence-corrected chi connectivity index (χ2v) is 7.09. The largest absolute Gasteiger partial charge is 0.482 e. The Morgan fingerprint density at radius 1 is 1.07 bits per heavy atom. The van der Waals surface area contributed by atoms with Crippen molar-refractivity contribution in [3.8, 4) is 5.75 Å². The van der Waals surface area contributed by atoms with Crippen LogP contribution in [-0.2, 0) is 14.3 Å². The number of hydrogen-bond donors (Lipinski definition) is 2. The van der Waals surface area contributed by atoms with E-state index in [9.17, 15) is 14.4 Å². The van der Waals surface area contributed by atoms with Gasteiger partial charge in [-0.15, -0.1) is 0 Å². The first-order valence-electron chi connectivity index (χ1n) is 9.31. The number of benzene rings is 1. The monoisotopic (exact) mass is 376 g/mol. The van der Waals surface area contributed by atoms with Crippen LogP contribution in [0.2, 0.25) is 0 Å². The molecule has 7 heteroatoms. The predicted octanol–water partition coefficient (Wildman–Crippen LogP) is 2.63. The number of hydrogen-bond acceptors (Lipinski definition) is 5. The Labute approximate surface area is 159 Å². The molecular formula is C20H28N2O5. The third kappa shape index (κ3) is 6.92. The average Bonchev–Trinajstić information content (AvgIpc) is 2.63. The molecule has 2 N–H and O–H groups in total. The summed E-state index contributed by atoms with van der Waals surface area (Å²) in [5.74, 6) is -0.402. The molecule has 3 amide bonds. The SMILES string of the molecule is Cc1ccc(OCC(=O)OCC(=O)NC(=O)NC2CCCCC2C)cc1C. The van der Waals surface area contributed by atoms with Gasteiger partial charge < -0.3 is 14.8 Å². The summed E-state index contributed by atoms with van der Waals surface area (Å²) >= 11 is 0. The molecule has 1 saturated carbocycles. The lowest BCUT2D eigenvalue weighted by Gasteiger charge is -2.29.